The van der Waals surface area contributed by atoms with Crippen LogP contribution in [-0.4, -0.2) is 163 Å². The Hall–Kier alpha value is -2.85. The lowest BCUT2D eigenvalue weighted by molar-refractivity contribution is -0.358. The summed E-state index contributed by atoms with van der Waals surface area (Å²) in [4.78, 5) is 39.6. The third-order valence-electron chi connectivity index (χ3n) is 19.2. The van der Waals surface area contributed by atoms with Gasteiger partial charge < -0.3 is 74.4 Å². The topological polar surface area (TPSA) is 289 Å². The number of hydrogen-bond acceptors (Lipinski definition) is 17. The van der Waals surface area contributed by atoms with Crippen molar-refractivity contribution < 1.29 is 88.8 Å². The van der Waals surface area contributed by atoms with Crippen LogP contribution in [-0.2, 0) is 42.8 Å². The van der Waals surface area contributed by atoms with E-state index in [1.54, 1.807) is 39.8 Å². The first-order valence-electron chi connectivity index (χ1n) is 24.7. The van der Waals surface area contributed by atoms with E-state index in [-0.39, 0.29) is 24.9 Å². The summed E-state index contributed by atoms with van der Waals surface area (Å²) in [5, 5.41) is 99.5. The Kier molecular flexibility index (Phi) is 15.0. The molecule has 4 saturated carbocycles. The highest BCUT2D eigenvalue weighted by Crippen LogP contribution is 2.76. The van der Waals surface area contributed by atoms with Crippen LogP contribution in [0.3, 0.4) is 0 Å². The number of carbonyl (C=O) groups excluding carboxylic acids is 2. The largest absolute Gasteiger partial charge is 0.479 e. The number of fused-ring (bicyclic) bond motifs is 7. The summed E-state index contributed by atoms with van der Waals surface area (Å²) in [6.07, 6.45) is -10.9. The summed E-state index contributed by atoms with van der Waals surface area (Å²) < 4.78 is 35.9. The van der Waals surface area contributed by atoms with Gasteiger partial charge in [0.05, 0.1) is 37.4 Å². The van der Waals surface area contributed by atoms with Gasteiger partial charge in [-0.3, -0.25) is 0 Å². The van der Waals surface area contributed by atoms with Gasteiger partial charge in [0.15, 0.2) is 24.8 Å². The van der Waals surface area contributed by atoms with Crippen molar-refractivity contribution in [3.63, 3.8) is 0 Å². The van der Waals surface area contributed by atoms with E-state index < -0.39 is 149 Å². The second-order valence-corrected chi connectivity index (χ2v) is 23.0. The van der Waals surface area contributed by atoms with E-state index in [0.29, 0.717) is 49.7 Å². The van der Waals surface area contributed by atoms with Crippen LogP contribution in [0, 0.1) is 50.2 Å². The first-order chi connectivity index (χ1) is 32.2. The monoisotopic (exact) mass is 979 g/mol. The predicted molar refractivity (Wildman–Crippen MR) is 244 cm³/mol. The molecule has 0 spiro atoms. The highest BCUT2D eigenvalue weighted by atomic mass is 16.7. The molecule has 21 atom stereocenters. The van der Waals surface area contributed by atoms with Gasteiger partial charge in [-0.05, 0) is 107 Å². The molecule has 2 saturated heterocycles. The van der Waals surface area contributed by atoms with E-state index >= 15 is 0 Å². The average Bonchev–Trinajstić information content (AvgIpc) is 3.29. The van der Waals surface area contributed by atoms with Gasteiger partial charge in [-0.25, -0.2) is 14.4 Å². The van der Waals surface area contributed by atoms with Gasteiger partial charge in [0, 0.05) is 22.0 Å². The fourth-order valence-electron chi connectivity index (χ4n) is 14.6. The van der Waals surface area contributed by atoms with Crippen LogP contribution in [0.15, 0.2) is 34.9 Å². The number of carboxylic acids is 1. The van der Waals surface area contributed by atoms with Crippen LogP contribution in [0.5, 0.6) is 0 Å². The Morgan fingerprint density at radius 1 is 0.754 bits per heavy atom. The zero-order valence-electron chi connectivity index (χ0n) is 41.7. The molecule has 21 unspecified atom stereocenters. The lowest BCUT2D eigenvalue weighted by Crippen LogP contribution is -2.72. The molecule has 390 valence electrons. The van der Waals surface area contributed by atoms with E-state index in [0.717, 1.165) is 5.57 Å². The third-order valence-corrected chi connectivity index (χ3v) is 19.2. The molecular weight excluding hydrogens is 901 g/mol. The summed E-state index contributed by atoms with van der Waals surface area (Å²) in [5.74, 6) is -3.43. The fourth-order valence-corrected chi connectivity index (χ4v) is 14.6. The van der Waals surface area contributed by atoms with Gasteiger partial charge in [-0.15, -0.1) is 0 Å². The van der Waals surface area contributed by atoms with Crippen LogP contribution in [0.25, 0.3) is 0 Å². The first kappa shape index (κ1) is 53.9. The molecule has 5 aliphatic carbocycles. The molecule has 6 fully saturated rings. The highest BCUT2D eigenvalue weighted by Gasteiger charge is 2.74. The summed E-state index contributed by atoms with van der Waals surface area (Å²) >= 11 is 0. The van der Waals surface area contributed by atoms with E-state index in [4.69, 9.17) is 28.4 Å². The summed E-state index contributed by atoms with van der Waals surface area (Å²) in [7, 11) is 0. The molecule has 7 aliphatic rings. The SMILES string of the molecule is CC=C(C)C(=O)OC1C(OC(=O)C(C)=CC)C2(CO)C(O)CC3(C)C(=CCC4C5(C)CCC(OC6OC(C(=O)O)C(O)C(OC7OCC(O)C(O)C7O)C6O)C(C)(CO)C5CCC43C)C2CC1(C)C. The number of aliphatic hydroxyl groups excluding tert-OH is 8. The van der Waals surface area contributed by atoms with Crippen molar-refractivity contribution in [3.05, 3.63) is 34.9 Å². The highest BCUT2D eigenvalue weighted by molar-refractivity contribution is 5.89. The van der Waals surface area contributed by atoms with Crippen molar-refractivity contribution in [2.45, 2.75) is 194 Å². The van der Waals surface area contributed by atoms with Crippen LogP contribution < -0.4 is 0 Å². The number of carbonyl (C=O) groups is 3. The smallest absolute Gasteiger partial charge is 0.335 e. The Morgan fingerprint density at radius 2 is 1.38 bits per heavy atom. The lowest BCUT2D eigenvalue weighted by atomic mass is 9.33. The molecule has 2 aliphatic heterocycles. The molecule has 18 heteroatoms. The lowest BCUT2D eigenvalue weighted by Gasteiger charge is -2.72. The first-order valence-corrected chi connectivity index (χ1v) is 24.7. The Morgan fingerprint density at radius 3 is 1.96 bits per heavy atom. The molecular formula is C51H78O18. The average molecular weight is 979 g/mol. The molecule has 0 aromatic carbocycles. The van der Waals surface area contributed by atoms with E-state index in [1.165, 1.54) is 0 Å². The maximum absolute atomic E-state index is 13.7. The number of rotatable bonds is 11. The zero-order chi connectivity index (χ0) is 51.1. The maximum atomic E-state index is 13.7. The van der Waals surface area contributed by atoms with Crippen molar-refractivity contribution in [2.75, 3.05) is 19.8 Å². The van der Waals surface area contributed by atoms with E-state index in [2.05, 4.69) is 26.8 Å². The fraction of sp³-hybridized carbons (Fsp3) is 0.824. The Bertz CT molecular complexity index is 2050. The zero-order valence-corrected chi connectivity index (χ0v) is 41.7. The normalized spacial score (nSPS) is 48.7. The maximum Gasteiger partial charge on any atom is 0.335 e. The van der Waals surface area contributed by atoms with E-state index in [9.17, 15) is 60.3 Å². The van der Waals surface area contributed by atoms with Gasteiger partial charge in [-0.1, -0.05) is 65.3 Å². The summed E-state index contributed by atoms with van der Waals surface area (Å²) in [6.45, 7) is 18.0. The van der Waals surface area contributed by atoms with Gasteiger partial charge >= 0.3 is 17.9 Å². The standard InChI is InChI=1S/C51H78O18/c1-11-24(3)42(62)68-39-40(69-43(63)25(4)12-2)51(23-53)27(19-46(39,5)6)26-13-14-30-47(7)17-16-32(48(8,22-52)29(47)15-18-49(30,9)50(26,10)20-31(51)55)65-45-36(59)37(35(58)38(67-45)41(60)61)66-44-34(57)33(56)28(54)21-64-44/h11-13,27-40,44-45,52-59H,14-23H2,1-10H3,(H,60,61). The second-order valence-electron chi connectivity index (χ2n) is 23.0. The quantitative estimate of drug-likeness (QED) is 0.0622. The van der Waals surface area contributed by atoms with Crippen molar-refractivity contribution in [1.82, 2.24) is 0 Å². The van der Waals surface area contributed by atoms with Crippen LogP contribution in [0.4, 0.5) is 0 Å². The second kappa shape index (κ2) is 19.2. The van der Waals surface area contributed by atoms with Gasteiger partial charge in [0.2, 0.25) is 0 Å². The molecule has 9 N–H and O–H groups in total. The minimum atomic E-state index is -1.96. The number of esters is 2. The number of aliphatic hydroxyl groups is 8. The Balaban J connectivity index is 1.20. The molecule has 0 amide bonds. The predicted octanol–water partition coefficient (Wildman–Crippen LogP) is 2.44. The van der Waals surface area contributed by atoms with Crippen LogP contribution >= 0.6 is 0 Å². The molecule has 0 aromatic rings. The Labute approximate surface area is 404 Å². The van der Waals surface area contributed by atoms with E-state index in [1.807, 2.05) is 20.8 Å². The van der Waals surface area contributed by atoms with Crippen molar-refractivity contribution in [3.8, 4) is 0 Å². The molecule has 18 nitrogen and oxygen atoms in total. The number of hydrogen-bond donors (Lipinski definition) is 9. The minimum Gasteiger partial charge on any atom is -0.479 e. The number of ether oxygens (including phenoxy) is 6. The van der Waals surface area contributed by atoms with Crippen molar-refractivity contribution in [2.24, 2.45) is 50.2 Å². The van der Waals surface area contributed by atoms with Crippen molar-refractivity contribution >= 4 is 17.9 Å². The van der Waals surface area contributed by atoms with Gasteiger partial charge in [0.25, 0.3) is 0 Å². The van der Waals surface area contributed by atoms with Gasteiger partial charge in [0.1, 0.15) is 42.7 Å². The summed E-state index contributed by atoms with van der Waals surface area (Å²) in [6, 6.07) is 0. The minimum absolute atomic E-state index is 0.00913. The third kappa shape index (κ3) is 8.37. The molecule has 0 radical (unpaired) electrons. The van der Waals surface area contributed by atoms with Crippen LogP contribution in [0.1, 0.15) is 114 Å². The molecule has 69 heavy (non-hydrogen) atoms. The number of aliphatic carboxylic acids is 1. The summed E-state index contributed by atoms with van der Waals surface area (Å²) in [5.41, 5.74) is -2.90. The van der Waals surface area contributed by atoms with Crippen LogP contribution in [0.2, 0.25) is 0 Å². The molecule has 2 heterocycles. The number of carboxylic acid groups (broad SMARTS) is 1. The van der Waals surface area contributed by atoms with Crippen molar-refractivity contribution in [1.29, 1.82) is 0 Å². The molecule has 7 rings (SSSR count). The molecule has 0 bridgehead atoms. The number of allylic oxidation sites excluding steroid dienone is 4. The molecule has 0 aromatic heterocycles. The van der Waals surface area contributed by atoms with Gasteiger partial charge in [-0.2, -0.15) is 0 Å².